The van der Waals surface area contributed by atoms with Gasteiger partial charge in [-0.2, -0.15) is 15.8 Å². The molecule has 0 unspecified atom stereocenters. The van der Waals surface area contributed by atoms with Crippen molar-refractivity contribution in [2.75, 3.05) is 0 Å². The number of nitriles is 3. The van der Waals surface area contributed by atoms with E-state index in [1.807, 2.05) is 30.3 Å². The first-order valence-electron chi connectivity index (χ1n) is 7.85. The molecule has 1 saturated carbocycles. The number of nitrogens with one attached hydrogen (secondary N) is 1. The van der Waals surface area contributed by atoms with E-state index in [0.29, 0.717) is 0 Å². The van der Waals surface area contributed by atoms with Crippen LogP contribution in [0.4, 0.5) is 0 Å². The molecule has 24 heavy (non-hydrogen) atoms. The summed E-state index contributed by atoms with van der Waals surface area (Å²) < 4.78 is 0.875. The van der Waals surface area contributed by atoms with Crippen LogP contribution in [0.1, 0.15) is 30.7 Å². The second-order valence-electron chi connectivity index (χ2n) is 6.28. The molecule has 3 rings (SSSR count). The van der Waals surface area contributed by atoms with E-state index in [-0.39, 0.29) is 11.6 Å². The molecule has 3 atom stereocenters. The van der Waals surface area contributed by atoms with E-state index >= 15 is 0 Å². The maximum absolute atomic E-state index is 9.86. The van der Waals surface area contributed by atoms with Gasteiger partial charge in [0.15, 0.2) is 5.41 Å². The largest absolute Gasteiger partial charge is 0.305 e. The van der Waals surface area contributed by atoms with Crippen LogP contribution in [-0.4, -0.2) is 5.71 Å². The number of rotatable bonds is 1. The van der Waals surface area contributed by atoms with Crippen LogP contribution >= 0.6 is 15.9 Å². The van der Waals surface area contributed by atoms with Crippen LogP contribution in [0.5, 0.6) is 0 Å². The van der Waals surface area contributed by atoms with E-state index < -0.39 is 17.3 Å². The van der Waals surface area contributed by atoms with Gasteiger partial charge in [0.05, 0.1) is 23.9 Å². The van der Waals surface area contributed by atoms with Crippen LogP contribution < -0.4 is 0 Å². The van der Waals surface area contributed by atoms with Gasteiger partial charge in [0.2, 0.25) is 0 Å². The van der Waals surface area contributed by atoms with Crippen LogP contribution in [0.25, 0.3) is 0 Å². The van der Waals surface area contributed by atoms with Crippen LogP contribution in [0.3, 0.4) is 0 Å². The molecule has 0 saturated heterocycles. The second kappa shape index (κ2) is 6.23. The summed E-state index contributed by atoms with van der Waals surface area (Å²) in [4.78, 5) is 0. The van der Waals surface area contributed by atoms with Crippen molar-refractivity contribution in [3.05, 3.63) is 46.0 Å². The second-order valence-corrected chi connectivity index (χ2v) is 7.20. The van der Waals surface area contributed by atoms with Gasteiger partial charge in [-0.3, -0.25) is 0 Å². The lowest BCUT2D eigenvalue weighted by Crippen LogP contribution is -2.48. The molecule has 1 fully saturated rings. The van der Waals surface area contributed by atoms with E-state index in [4.69, 9.17) is 5.41 Å². The SMILES string of the molecule is N#C[C@H]1C(=N)C(C#N)(C#N)[C@@H](c2cccc(Br)c2)[C@@H]2CCCC=C12. The maximum Gasteiger partial charge on any atom is 0.189 e. The Kier molecular flexibility index (Phi) is 4.27. The average molecular weight is 379 g/mol. The quantitative estimate of drug-likeness (QED) is 0.730. The molecule has 1 N–H and O–H groups in total. The highest BCUT2D eigenvalue weighted by Gasteiger charge is 2.57. The van der Waals surface area contributed by atoms with Gasteiger partial charge in [0.25, 0.3) is 0 Å². The van der Waals surface area contributed by atoms with Crippen molar-refractivity contribution in [2.24, 2.45) is 17.3 Å². The number of hydrogen-bond donors (Lipinski definition) is 1. The summed E-state index contributed by atoms with van der Waals surface area (Å²) in [6.45, 7) is 0. The van der Waals surface area contributed by atoms with Crippen molar-refractivity contribution < 1.29 is 0 Å². The van der Waals surface area contributed by atoms with Crippen LogP contribution in [0.2, 0.25) is 0 Å². The zero-order valence-electron chi connectivity index (χ0n) is 13.0. The minimum atomic E-state index is -1.60. The number of benzene rings is 1. The highest BCUT2D eigenvalue weighted by molar-refractivity contribution is 9.10. The van der Waals surface area contributed by atoms with Gasteiger partial charge < -0.3 is 5.41 Å². The number of allylic oxidation sites excluding steroid dienone is 2. The first-order chi connectivity index (χ1) is 11.6. The first kappa shape index (κ1) is 16.4. The molecule has 0 aliphatic heterocycles. The predicted molar refractivity (Wildman–Crippen MR) is 92.8 cm³/mol. The van der Waals surface area contributed by atoms with Crippen molar-refractivity contribution in [2.45, 2.75) is 25.2 Å². The Hall–Kier alpha value is -2.42. The lowest BCUT2D eigenvalue weighted by Gasteiger charge is -2.45. The fourth-order valence-corrected chi connectivity index (χ4v) is 4.50. The molecule has 2 aliphatic rings. The van der Waals surface area contributed by atoms with Crippen LogP contribution in [0.15, 0.2) is 40.4 Å². The third kappa shape index (κ3) is 2.27. The number of halogens is 1. The number of nitrogens with zero attached hydrogens (tertiary/aromatic N) is 3. The van der Waals surface area contributed by atoms with Gasteiger partial charge in [-0.15, -0.1) is 0 Å². The summed E-state index contributed by atoms with van der Waals surface area (Å²) in [5, 5.41) is 37.8. The van der Waals surface area contributed by atoms with Crippen molar-refractivity contribution >= 4 is 21.6 Å². The molecule has 0 heterocycles. The van der Waals surface area contributed by atoms with Crippen molar-refractivity contribution in [1.82, 2.24) is 0 Å². The normalized spacial score (nSPS) is 27.8. The number of hydrogen-bond acceptors (Lipinski definition) is 4. The van der Waals surface area contributed by atoms with Gasteiger partial charge in [-0.1, -0.05) is 34.1 Å². The molecule has 1 aromatic carbocycles. The van der Waals surface area contributed by atoms with Crippen LogP contribution in [0, 0.1) is 56.7 Å². The zero-order valence-corrected chi connectivity index (χ0v) is 14.5. The van der Waals surface area contributed by atoms with E-state index in [1.165, 1.54) is 0 Å². The van der Waals surface area contributed by atoms with Gasteiger partial charge in [-0.05, 0) is 48.4 Å². The zero-order chi connectivity index (χ0) is 17.3. The molecule has 4 nitrogen and oxygen atoms in total. The Morgan fingerprint density at radius 1 is 1.21 bits per heavy atom. The van der Waals surface area contributed by atoms with Gasteiger partial charge in [0, 0.05) is 10.4 Å². The molecule has 0 bridgehead atoms. The molecule has 0 amide bonds. The van der Waals surface area contributed by atoms with E-state index in [1.54, 1.807) is 0 Å². The summed E-state index contributed by atoms with van der Waals surface area (Å²) in [6, 6.07) is 14.0. The summed E-state index contributed by atoms with van der Waals surface area (Å²) in [7, 11) is 0. The Morgan fingerprint density at radius 3 is 2.58 bits per heavy atom. The molecule has 1 aromatic rings. The van der Waals surface area contributed by atoms with Crippen molar-refractivity contribution in [3.63, 3.8) is 0 Å². The predicted octanol–water partition coefficient (Wildman–Crippen LogP) is 4.47. The lowest BCUT2D eigenvalue weighted by atomic mass is 9.53. The Bertz CT molecular complexity index is 835. The number of fused-ring (bicyclic) bond motifs is 1. The highest BCUT2D eigenvalue weighted by Crippen LogP contribution is 2.55. The van der Waals surface area contributed by atoms with E-state index in [0.717, 1.165) is 34.9 Å². The topological polar surface area (TPSA) is 95.2 Å². The third-order valence-electron chi connectivity index (χ3n) is 5.13. The van der Waals surface area contributed by atoms with E-state index in [9.17, 15) is 15.8 Å². The Labute approximate surface area is 149 Å². The fraction of sp³-hybridized carbons (Fsp3) is 0.368. The molecule has 0 spiro atoms. The molecular formula is C19H15BrN4. The van der Waals surface area contributed by atoms with Crippen LogP contribution in [-0.2, 0) is 0 Å². The average Bonchev–Trinajstić information content (AvgIpc) is 2.61. The van der Waals surface area contributed by atoms with Crippen molar-refractivity contribution in [1.29, 1.82) is 21.2 Å². The molecule has 0 aromatic heterocycles. The molecule has 5 heteroatoms. The molecule has 118 valence electrons. The van der Waals surface area contributed by atoms with Gasteiger partial charge >= 0.3 is 0 Å². The monoisotopic (exact) mass is 378 g/mol. The molecular weight excluding hydrogens is 364 g/mol. The van der Waals surface area contributed by atoms with E-state index in [2.05, 4.69) is 34.1 Å². The van der Waals surface area contributed by atoms with Crippen molar-refractivity contribution in [3.8, 4) is 18.2 Å². The minimum absolute atomic E-state index is 0.0499. The first-order valence-corrected chi connectivity index (χ1v) is 8.64. The summed E-state index contributed by atoms with van der Waals surface area (Å²) >= 11 is 3.45. The molecule has 0 radical (unpaired) electrons. The summed E-state index contributed by atoms with van der Waals surface area (Å²) in [6.07, 6.45) is 4.73. The smallest absolute Gasteiger partial charge is 0.189 e. The molecule has 2 aliphatic carbocycles. The fourth-order valence-electron chi connectivity index (χ4n) is 4.09. The third-order valence-corrected chi connectivity index (χ3v) is 5.63. The summed E-state index contributed by atoms with van der Waals surface area (Å²) in [5.41, 5.74) is 0.108. The highest BCUT2D eigenvalue weighted by atomic mass is 79.9. The van der Waals surface area contributed by atoms with Gasteiger partial charge in [-0.25, -0.2) is 0 Å². The van der Waals surface area contributed by atoms with Gasteiger partial charge in [0.1, 0.15) is 5.92 Å². The maximum atomic E-state index is 9.86. The lowest BCUT2D eigenvalue weighted by molar-refractivity contribution is 0.320. The summed E-state index contributed by atoms with van der Waals surface area (Å²) in [5.74, 6) is -1.24. The standard InChI is InChI=1S/C19H15BrN4/c20-13-5-3-4-12(8-13)17-15-7-2-1-6-14(15)16(9-21)18(24)19(17,10-22)11-23/h3-6,8,15-17,24H,1-2,7H2/t15-,16-,17+/m1/s1. The Morgan fingerprint density at radius 2 is 1.96 bits per heavy atom. The Balaban J connectivity index is 2.27. The minimum Gasteiger partial charge on any atom is -0.305 e.